The molecule has 1 aliphatic carbocycles. The highest BCUT2D eigenvalue weighted by atomic mass is 19.4. The van der Waals surface area contributed by atoms with Crippen LogP contribution in [0.1, 0.15) is 60.9 Å². The zero-order chi connectivity index (χ0) is 19.2. The Morgan fingerprint density at radius 1 is 1.15 bits per heavy atom. The van der Waals surface area contributed by atoms with Crippen LogP contribution in [0.25, 0.3) is 0 Å². The van der Waals surface area contributed by atoms with Crippen molar-refractivity contribution in [2.45, 2.75) is 58.0 Å². The fourth-order valence-electron chi connectivity index (χ4n) is 3.20. The van der Waals surface area contributed by atoms with Crippen LogP contribution in [0.3, 0.4) is 0 Å². The lowest BCUT2D eigenvalue weighted by molar-refractivity contribution is -0.123. The lowest BCUT2D eigenvalue weighted by Crippen LogP contribution is -2.33. The molecule has 2 rings (SSSR count). The van der Waals surface area contributed by atoms with Gasteiger partial charge in [-0.3, -0.25) is 9.59 Å². The SMILES string of the molecule is Cc1ccc(C(=O)NCC(F)(F)F)cc1NC(=O)CCC1CCCCC1. The molecule has 0 aliphatic heterocycles. The van der Waals surface area contributed by atoms with Crippen LogP contribution in [0.5, 0.6) is 0 Å². The molecule has 0 bridgehead atoms. The molecule has 1 saturated carbocycles. The number of carbonyl (C=O) groups is 2. The van der Waals surface area contributed by atoms with Crippen molar-refractivity contribution >= 4 is 17.5 Å². The standard InChI is InChI=1S/C19H25F3N2O2/c1-13-7-9-15(18(26)23-12-19(20,21)22)11-16(13)24-17(25)10-8-14-5-3-2-4-6-14/h7,9,11,14H,2-6,8,10,12H2,1H3,(H,23,26)(H,24,25). The summed E-state index contributed by atoms with van der Waals surface area (Å²) in [5.74, 6) is -0.360. The molecule has 144 valence electrons. The maximum Gasteiger partial charge on any atom is 0.405 e. The van der Waals surface area contributed by atoms with Crippen molar-refractivity contribution in [2.75, 3.05) is 11.9 Å². The third-order valence-corrected chi connectivity index (χ3v) is 4.73. The van der Waals surface area contributed by atoms with Crippen molar-refractivity contribution in [1.29, 1.82) is 0 Å². The third kappa shape index (κ3) is 6.69. The first-order valence-corrected chi connectivity index (χ1v) is 9.00. The molecule has 26 heavy (non-hydrogen) atoms. The van der Waals surface area contributed by atoms with Crippen molar-refractivity contribution in [2.24, 2.45) is 5.92 Å². The number of halogens is 3. The molecule has 1 aromatic rings. The Morgan fingerprint density at radius 2 is 1.85 bits per heavy atom. The second kappa shape index (κ2) is 9.05. The number of carbonyl (C=O) groups excluding carboxylic acids is 2. The quantitative estimate of drug-likeness (QED) is 0.770. The fourth-order valence-corrected chi connectivity index (χ4v) is 3.20. The zero-order valence-electron chi connectivity index (χ0n) is 14.9. The molecule has 1 aliphatic rings. The number of alkyl halides is 3. The second-order valence-electron chi connectivity index (χ2n) is 6.92. The van der Waals surface area contributed by atoms with Crippen LogP contribution in [0.4, 0.5) is 18.9 Å². The summed E-state index contributed by atoms with van der Waals surface area (Å²) in [5.41, 5.74) is 1.30. The Labute approximate surface area is 151 Å². The van der Waals surface area contributed by atoms with E-state index in [1.807, 2.05) is 5.32 Å². The molecule has 0 aromatic heterocycles. The van der Waals surface area contributed by atoms with Gasteiger partial charge in [-0.2, -0.15) is 13.2 Å². The normalized spacial score (nSPS) is 15.5. The topological polar surface area (TPSA) is 58.2 Å². The molecule has 1 fully saturated rings. The number of amides is 2. The summed E-state index contributed by atoms with van der Waals surface area (Å²) in [6.45, 7) is 0.386. The Kier molecular flexibility index (Phi) is 7.06. The number of aryl methyl sites for hydroxylation is 1. The van der Waals surface area contributed by atoms with Crippen molar-refractivity contribution in [3.8, 4) is 0 Å². The largest absolute Gasteiger partial charge is 0.405 e. The molecule has 7 heteroatoms. The summed E-state index contributed by atoms with van der Waals surface area (Å²) in [4.78, 5) is 24.0. The molecule has 0 radical (unpaired) electrons. The van der Waals surface area contributed by atoms with Gasteiger partial charge in [0.05, 0.1) is 0 Å². The molecule has 0 unspecified atom stereocenters. The highest BCUT2D eigenvalue weighted by molar-refractivity contribution is 5.97. The van der Waals surface area contributed by atoms with Crippen LogP contribution in [0, 0.1) is 12.8 Å². The van der Waals surface area contributed by atoms with Crippen LogP contribution >= 0.6 is 0 Å². The minimum absolute atomic E-state index is 0.0856. The molecule has 0 atom stereocenters. The molecule has 2 N–H and O–H groups in total. The molecular weight excluding hydrogens is 345 g/mol. The van der Waals surface area contributed by atoms with E-state index in [9.17, 15) is 22.8 Å². The van der Waals surface area contributed by atoms with E-state index in [1.54, 1.807) is 13.0 Å². The third-order valence-electron chi connectivity index (χ3n) is 4.73. The van der Waals surface area contributed by atoms with Crippen LogP contribution in [-0.2, 0) is 4.79 Å². The highest BCUT2D eigenvalue weighted by Crippen LogP contribution is 2.27. The number of hydrogen-bond acceptors (Lipinski definition) is 2. The van der Waals surface area contributed by atoms with E-state index < -0.39 is 18.6 Å². The van der Waals surface area contributed by atoms with Crippen LogP contribution in [0.15, 0.2) is 18.2 Å². The van der Waals surface area contributed by atoms with E-state index in [-0.39, 0.29) is 11.5 Å². The molecule has 0 saturated heterocycles. The van der Waals surface area contributed by atoms with Crippen LogP contribution in [-0.4, -0.2) is 24.5 Å². The minimum atomic E-state index is -4.46. The average molecular weight is 370 g/mol. The van der Waals surface area contributed by atoms with Gasteiger partial charge in [-0.15, -0.1) is 0 Å². The first-order valence-electron chi connectivity index (χ1n) is 9.00. The first-order chi connectivity index (χ1) is 12.2. The van der Waals surface area contributed by atoms with Gasteiger partial charge in [-0.25, -0.2) is 0 Å². The van der Waals surface area contributed by atoms with Gasteiger partial charge in [0.15, 0.2) is 0 Å². The van der Waals surface area contributed by atoms with Crippen molar-refractivity contribution < 1.29 is 22.8 Å². The van der Waals surface area contributed by atoms with Gasteiger partial charge < -0.3 is 10.6 Å². The second-order valence-corrected chi connectivity index (χ2v) is 6.92. The van der Waals surface area contributed by atoms with Gasteiger partial charge in [0, 0.05) is 17.7 Å². The lowest BCUT2D eigenvalue weighted by atomic mass is 9.86. The number of anilines is 1. The predicted molar refractivity (Wildman–Crippen MR) is 94.0 cm³/mol. The van der Waals surface area contributed by atoms with Gasteiger partial charge in [0.1, 0.15) is 6.54 Å². The Morgan fingerprint density at radius 3 is 2.50 bits per heavy atom. The molecule has 0 heterocycles. The van der Waals surface area contributed by atoms with Crippen LogP contribution < -0.4 is 10.6 Å². The van der Waals surface area contributed by atoms with Gasteiger partial charge in [-0.05, 0) is 37.0 Å². The van der Waals surface area contributed by atoms with E-state index in [2.05, 4.69) is 5.32 Å². The Hall–Kier alpha value is -2.05. The fraction of sp³-hybridized carbons (Fsp3) is 0.579. The summed E-state index contributed by atoms with van der Waals surface area (Å²) in [7, 11) is 0. The molecule has 2 amide bonds. The van der Waals surface area contributed by atoms with Gasteiger partial charge in [-0.1, -0.05) is 38.2 Å². The Bertz CT molecular complexity index is 638. The van der Waals surface area contributed by atoms with E-state index in [1.165, 1.54) is 44.2 Å². The average Bonchev–Trinajstić information content (AvgIpc) is 2.60. The molecule has 1 aromatic carbocycles. The monoisotopic (exact) mass is 370 g/mol. The summed E-state index contributed by atoms with van der Waals surface area (Å²) < 4.78 is 36.6. The van der Waals surface area contributed by atoms with E-state index in [0.29, 0.717) is 18.0 Å². The summed E-state index contributed by atoms with van der Waals surface area (Å²) in [5, 5.41) is 4.61. The smallest absolute Gasteiger partial charge is 0.343 e. The van der Waals surface area contributed by atoms with Crippen LogP contribution in [0.2, 0.25) is 0 Å². The van der Waals surface area contributed by atoms with Gasteiger partial charge in [0.25, 0.3) is 5.91 Å². The predicted octanol–water partition coefficient (Wildman–Crippen LogP) is 4.59. The lowest BCUT2D eigenvalue weighted by Gasteiger charge is -2.21. The van der Waals surface area contributed by atoms with E-state index >= 15 is 0 Å². The summed E-state index contributed by atoms with van der Waals surface area (Å²) in [6.07, 6.45) is 2.84. The van der Waals surface area contributed by atoms with E-state index in [0.717, 1.165) is 12.0 Å². The van der Waals surface area contributed by atoms with Crippen molar-refractivity contribution in [3.63, 3.8) is 0 Å². The number of hydrogen-bond donors (Lipinski definition) is 2. The molecule has 4 nitrogen and oxygen atoms in total. The zero-order valence-corrected chi connectivity index (χ0v) is 14.9. The summed E-state index contributed by atoms with van der Waals surface area (Å²) >= 11 is 0. The van der Waals surface area contributed by atoms with Gasteiger partial charge >= 0.3 is 6.18 Å². The van der Waals surface area contributed by atoms with Gasteiger partial charge in [0.2, 0.25) is 5.91 Å². The maximum atomic E-state index is 12.2. The van der Waals surface area contributed by atoms with Crippen molar-refractivity contribution in [3.05, 3.63) is 29.3 Å². The molecule has 0 spiro atoms. The first kappa shape index (κ1) is 20.3. The Balaban J connectivity index is 1.91. The highest BCUT2D eigenvalue weighted by Gasteiger charge is 2.28. The minimum Gasteiger partial charge on any atom is -0.343 e. The number of nitrogens with one attached hydrogen (secondary N) is 2. The maximum absolute atomic E-state index is 12.2. The van der Waals surface area contributed by atoms with E-state index in [4.69, 9.17) is 0 Å². The number of benzene rings is 1. The number of rotatable bonds is 6. The molecular formula is C19H25F3N2O2. The van der Waals surface area contributed by atoms with Crippen molar-refractivity contribution in [1.82, 2.24) is 5.32 Å². The summed E-state index contributed by atoms with van der Waals surface area (Å²) in [6, 6.07) is 4.47.